The highest BCUT2D eigenvalue weighted by atomic mass is 16.7. The molecular weight excluding hydrogens is 128 g/mol. The van der Waals surface area contributed by atoms with Crippen LogP contribution in [-0.2, 0) is 9.47 Å². The third-order valence-electron chi connectivity index (χ3n) is 3.09. The number of rotatable bonds is 0. The van der Waals surface area contributed by atoms with Crippen molar-refractivity contribution in [2.75, 3.05) is 6.61 Å². The fourth-order valence-corrected chi connectivity index (χ4v) is 2.46. The fourth-order valence-electron chi connectivity index (χ4n) is 2.46. The maximum absolute atomic E-state index is 5.74. The van der Waals surface area contributed by atoms with Crippen molar-refractivity contribution in [2.24, 2.45) is 0 Å². The van der Waals surface area contributed by atoms with Crippen molar-refractivity contribution in [3.05, 3.63) is 0 Å². The highest BCUT2D eigenvalue weighted by Crippen LogP contribution is 2.50. The third-order valence-corrected chi connectivity index (χ3v) is 3.09. The molecule has 2 aliphatic heterocycles. The predicted molar refractivity (Wildman–Crippen MR) is 35.8 cm³/mol. The van der Waals surface area contributed by atoms with E-state index in [1.807, 2.05) is 0 Å². The van der Waals surface area contributed by atoms with Gasteiger partial charge in [-0.1, -0.05) is 12.8 Å². The van der Waals surface area contributed by atoms with E-state index in [0.29, 0.717) is 12.2 Å². The molecule has 1 spiro atoms. The summed E-state index contributed by atoms with van der Waals surface area (Å²) in [5.41, 5.74) is 0.199. The Kier molecular flexibility index (Phi) is 0.868. The molecule has 1 aliphatic carbocycles. The predicted octanol–water partition coefficient (Wildman–Crippen LogP) is 1.10. The SMILES string of the molecule is C1CCC2(C1)OCC1OC12. The summed E-state index contributed by atoms with van der Waals surface area (Å²) in [5.74, 6) is 0. The van der Waals surface area contributed by atoms with Crippen LogP contribution in [0.1, 0.15) is 25.7 Å². The smallest absolute Gasteiger partial charge is 0.115 e. The normalized spacial score (nSPS) is 48.0. The van der Waals surface area contributed by atoms with E-state index in [4.69, 9.17) is 9.47 Å². The molecule has 0 radical (unpaired) electrons. The Morgan fingerprint density at radius 3 is 2.50 bits per heavy atom. The van der Waals surface area contributed by atoms with Gasteiger partial charge in [-0.2, -0.15) is 0 Å². The van der Waals surface area contributed by atoms with Crippen molar-refractivity contribution in [1.82, 2.24) is 0 Å². The van der Waals surface area contributed by atoms with Gasteiger partial charge >= 0.3 is 0 Å². The Morgan fingerprint density at radius 1 is 1.20 bits per heavy atom. The first-order valence-electron chi connectivity index (χ1n) is 4.20. The van der Waals surface area contributed by atoms with Gasteiger partial charge in [0.05, 0.1) is 12.2 Å². The first-order valence-corrected chi connectivity index (χ1v) is 4.20. The van der Waals surface area contributed by atoms with Gasteiger partial charge in [-0.25, -0.2) is 0 Å². The lowest BCUT2D eigenvalue weighted by molar-refractivity contribution is -0.0545. The molecule has 2 atom stereocenters. The quantitative estimate of drug-likeness (QED) is 0.470. The topological polar surface area (TPSA) is 21.8 Å². The van der Waals surface area contributed by atoms with E-state index in [0.717, 1.165) is 6.61 Å². The lowest BCUT2D eigenvalue weighted by atomic mass is 9.98. The van der Waals surface area contributed by atoms with Crippen LogP contribution in [0.2, 0.25) is 0 Å². The van der Waals surface area contributed by atoms with Gasteiger partial charge in [-0.3, -0.25) is 0 Å². The number of epoxide rings is 1. The van der Waals surface area contributed by atoms with E-state index in [-0.39, 0.29) is 5.60 Å². The van der Waals surface area contributed by atoms with E-state index < -0.39 is 0 Å². The van der Waals surface area contributed by atoms with E-state index >= 15 is 0 Å². The summed E-state index contributed by atoms with van der Waals surface area (Å²) in [5, 5.41) is 0. The van der Waals surface area contributed by atoms with Crippen molar-refractivity contribution >= 4 is 0 Å². The van der Waals surface area contributed by atoms with Crippen molar-refractivity contribution < 1.29 is 9.47 Å². The zero-order valence-corrected chi connectivity index (χ0v) is 6.01. The molecule has 0 aromatic rings. The van der Waals surface area contributed by atoms with Crippen LogP contribution in [-0.4, -0.2) is 24.4 Å². The molecule has 3 aliphatic rings. The zero-order valence-electron chi connectivity index (χ0n) is 6.01. The average molecular weight is 140 g/mol. The maximum atomic E-state index is 5.74. The van der Waals surface area contributed by atoms with Crippen molar-refractivity contribution in [1.29, 1.82) is 0 Å². The molecule has 0 bridgehead atoms. The largest absolute Gasteiger partial charge is 0.369 e. The Morgan fingerprint density at radius 2 is 2.00 bits per heavy atom. The van der Waals surface area contributed by atoms with Crippen LogP contribution < -0.4 is 0 Å². The minimum atomic E-state index is 0.199. The minimum absolute atomic E-state index is 0.199. The number of ether oxygens (including phenoxy) is 2. The number of hydrogen-bond acceptors (Lipinski definition) is 2. The first-order chi connectivity index (χ1) is 4.91. The van der Waals surface area contributed by atoms with Crippen LogP contribution in [0.3, 0.4) is 0 Å². The summed E-state index contributed by atoms with van der Waals surface area (Å²) in [4.78, 5) is 0. The van der Waals surface area contributed by atoms with E-state index in [1.165, 1.54) is 25.7 Å². The van der Waals surface area contributed by atoms with Gasteiger partial charge in [0.1, 0.15) is 12.2 Å². The molecule has 2 unspecified atom stereocenters. The van der Waals surface area contributed by atoms with Gasteiger partial charge < -0.3 is 9.47 Å². The average Bonchev–Trinajstić information content (AvgIpc) is 2.49. The molecular formula is C8H12O2. The van der Waals surface area contributed by atoms with Gasteiger partial charge in [-0.15, -0.1) is 0 Å². The van der Waals surface area contributed by atoms with Gasteiger partial charge in [0.15, 0.2) is 0 Å². The molecule has 0 amide bonds. The van der Waals surface area contributed by atoms with Crippen LogP contribution >= 0.6 is 0 Å². The molecule has 56 valence electrons. The molecule has 3 rings (SSSR count). The van der Waals surface area contributed by atoms with E-state index in [2.05, 4.69) is 0 Å². The summed E-state index contributed by atoms with van der Waals surface area (Å²) in [7, 11) is 0. The second-order valence-electron chi connectivity index (χ2n) is 3.68. The molecule has 2 heterocycles. The Bertz CT molecular complexity index is 155. The summed E-state index contributed by atoms with van der Waals surface area (Å²) in [6.45, 7) is 0.866. The lowest BCUT2D eigenvalue weighted by Crippen LogP contribution is -2.31. The van der Waals surface area contributed by atoms with E-state index in [9.17, 15) is 0 Å². The highest BCUT2D eigenvalue weighted by molar-refractivity contribution is 5.09. The standard InChI is InChI=1S/C8H12O2/c1-2-4-8(3-1)7-6(10-7)5-9-8/h6-7H,1-5H2. The molecule has 1 saturated carbocycles. The Labute approximate surface area is 60.5 Å². The molecule has 2 nitrogen and oxygen atoms in total. The summed E-state index contributed by atoms with van der Waals surface area (Å²) >= 11 is 0. The number of hydrogen-bond donors (Lipinski definition) is 0. The second-order valence-corrected chi connectivity index (χ2v) is 3.68. The first kappa shape index (κ1) is 5.56. The van der Waals surface area contributed by atoms with Gasteiger partial charge in [0.2, 0.25) is 0 Å². The van der Waals surface area contributed by atoms with Crippen molar-refractivity contribution in [3.8, 4) is 0 Å². The molecule has 2 saturated heterocycles. The number of fused-ring (bicyclic) bond motifs is 2. The van der Waals surface area contributed by atoms with Crippen LogP contribution in [0.25, 0.3) is 0 Å². The Hall–Kier alpha value is -0.0800. The van der Waals surface area contributed by atoms with Gasteiger partial charge in [-0.05, 0) is 12.8 Å². The van der Waals surface area contributed by atoms with Crippen LogP contribution in [0, 0.1) is 0 Å². The van der Waals surface area contributed by atoms with E-state index in [1.54, 1.807) is 0 Å². The van der Waals surface area contributed by atoms with Crippen molar-refractivity contribution in [3.63, 3.8) is 0 Å². The molecule has 0 aromatic heterocycles. The monoisotopic (exact) mass is 140 g/mol. The van der Waals surface area contributed by atoms with Gasteiger partial charge in [0, 0.05) is 0 Å². The molecule has 0 aromatic carbocycles. The van der Waals surface area contributed by atoms with Gasteiger partial charge in [0.25, 0.3) is 0 Å². The third kappa shape index (κ3) is 0.523. The maximum Gasteiger partial charge on any atom is 0.115 e. The fraction of sp³-hybridized carbons (Fsp3) is 1.00. The minimum Gasteiger partial charge on any atom is -0.369 e. The molecule has 10 heavy (non-hydrogen) atoms. The molecule has 0 N–H and O–H groups in total. The Balaban J connectivity index is 1.89. The summed E-state index contributed by atoms with van der Waals surface area (Å²) in [6.07, 6.45) is 6.15. The molecule has 2 heteroatoms. The summed E-state index contributed by atoms with van der Waals surface area (Å²) < 4.78 is 11.2. The van der Waals surface area contributed by atoms with Crippen LogP contribution in [0.15, 0.2) is 0 Å². The lowest BCUT2D eigenvalue weighted by Gasteiger charge is -2.22. The van der Waals surface area contributed by atoms with Crippen molar-refractivity contribution in [2.45, 2.75) is 43.5 Å². The van der Waals surface area contributed by atoms with Crippen LogP contribution in [0.5, 0.6) is 0 Å². The second kappa shape index (κ2) is 1.56. The summed E-state index contributed by atoms with van der Waals surface area (Å²) in [6, 6.07) is 0. The highest BCUT2D eigenvalue weighted by Gasteiger charge is 2.61. The van der Waals surface area contributed by atoms with Crippen LogP contribution in [0.4, 0.5) is 0 Å². The zero-order chi connectivity index (χ0) is 6.60. The molecule has 3 fully saturated rings.